The number of nitrogens with zero attached hydrogens (tertiary/aromatic N) is 1. The zero-order valence-electron chi connectivity index (χ0n) is 30.9. The summed E-state index contributed by atoms with van der Waals surface area (Å²) in [7, 11) is 4.94. The van der Waals surface area contributed by atoms with Crippen LogP contribution in [-0.2, 0) is 38.0 Å². The SMILES string of the molecule is CC[C@H]1CCC[C@H](O)[C@@H](C)C(=O)C2=C[C@H]3[C@@H]4C[C@H](OC(OC(C)[C@@H](C)OC)[C@H](COC)OC)C[C@H]4c4sc(C(C)C)nc4[C@H]3[C@@H]2CC(=O)O1. The highest BCUT2D eigenvalue weighted by atomic mass is 32.1. The Bertz CT molecular complexity index is 1310. The lowest BCUT2D eigenvalue weighted by molar-refractivity contribution is -0.255. The lowest BCUT2D eigenvalue weighted by Gasteiger charge is -2.37. The summed E-state index contributed by atoms with van der Waals surface area (Å²) < 4.78 is 36.1. The van der Waals surface area contributed by atoms with E-state index in [1.54, 1.807) is 32.7 Å². The van der Waals surface area contributed by atoms with Gasteiger partial charge in [-0.1, -0.05) is 33.8 Å². The van der Waals surface area contributed by atoms with E-state index in [1.807, 2.05) is 27.7 Å². The summed E-state index contributed by atoms with van der Waals surface area (Å²) in [4.78, 5) is 34.3. The van der Waals surface area contributed by atoms with Crippen molar-refractivity contribution in [1.82, 2.24) is 4.98 Å². The minimum Gasteiger partial charge on any atom is -0.462 e. The van der Waals surface area contributed by atoms with Gasteiger partial charge >= 0.3 is 5.97 Å². The molecule has 2 unspecified atom stereocenters. The van der Waals surface area contributed by atoms with Crippen LogP contribution >= 0.6 is 11.3 Å². The van der Waals surface area contributed by atoms with Gasteiger partial charge in [0, 0.05) is 55.8 Å². The second kappa shape index (κ2) is 16.7. The van der Waals surface area contributed by atoms with E-state index in [4.69, 9.17) is 33.4 Å². The van der Waals surface area contributed by atoms with Gasteiger partial charge in [-0.05, 0) is 69.8 Å². The molecule has 0 bridgehead atoms. The third-order valence-electron chi connectivity index (χ3n) is 11.6. The van der Waals surface area contributed by atoms with Crippen LogP contribution in [0.2, 0.25) is 0 Å². The van der Waals surface area contributed by atoms with Crippen LogP contribution in [0.15, 0.2) is 11.6 Å². The van der Waals surface area contributed by atoms with Crippen LogP contribution in [-0.4, -0.2) is 92.7 Å². The van der Waals surface area contributed by atoms with Gasteiger partial charge in [-0.25, -0.2) is 4.98 Å². The Kier molecular flexibility index (Phi) is 13.2. The fourth-order valence-corrected chi connectivity index (χ4v) is 9.78. The van der Waals surface area contributed by atoms with Crippen molar-refractivity contribution >= 4 is 23.1 Å². The zero-order chi connectivity index (χ0) is 35.6. The number of rotatable bonds is 12. The van der Waals surface area contributed by atoms with Crippen LogP contribution in [0.4, 0.5) is 0 Å². The number of aliphatic hydroxyl groups is 1. The van der Waals surface area contributed by atoms with Gasteiger partial charge in [0.25, 0.3) is 0 Å². The predicted octanol–water partition coefficient (Wildman–Crippen LogP) is 6.30. The number of ether oxygens (including phenoxy) is 6. The Balaban J connectivity index is 1.51. The molecule has 0 amide bonds. The van der Waals surface area contributed by atoms with Crippen molar-refractivity contribution < 1.29 is 43.1 Å². The third-order valence-corrected chi connectivity index (χ3v) is 13.1. The molecule has 1 N–H and O–H groups in total. The van der Waals surface area contributed by atoms with E-state index in [2.05, 4.69) is 19.9 Å². The van der Waals surface area contributed by atoms with Crippen LogP contribution in [0.25, 0.3) is 0 Å². The molecule has 1 saturated heterocycles. The van der Waals surface area contributed by atoms with Crippen LogP contribution in [0, 0.1) is 23.7 Å². The molecule has 3 aliphatic carbocycles. The zero-order valence-corrected chi connectivity index (χ0v) is 31.7. The van der Waals surface area contributed by atoms with Gasteiger partial charge in [-0.2, -0.15) is 0 Å². The van der Waals surface area contributed by atoms with Crippen molar-refractivity contribution in [3.8, 4) is 0 Å². The number of carbonyl (C=O) groups excluding carboxylic acids is 2. The summed E-state index contributed by atoms with van der Waals surface area (Å²) in [6.45, 7) is 12.4. The van der Waals surface area contributed by atoms with Crippen molar-refractivity contribution in [2.45, 2.75) is 147 Å². The number of Topliss-reactive ketones (excluding diaryl/α,β-unsaturated/α-hetero) is 1. The van der Waals surface area contributed by atoms with Crippen LogP contribution in [0.1, 0.15) is 120 Å². The van der Waals surface area contributed by atoms with E-state index in [0.717, 1.165) is 30.0 Å². The number of allylic oxidation sites excluding steroid dienone is 2. The molecule has 5 rings (SSSR count). The number of hydrogen-bond donors (Lipinski definition) is 1. The molecular weight excluding hydrogens is 646 g/mol. The fourth-order valence-electron chi connectivity index (χ4n) is 8.47. The van der Waals surface area contributed by atoms with Crippen molar-refractivity contribution in [3.05, 3.63) is 27.2 Å². The number of hydrogen-bond acceptors (Lipinski definition) is 11. The monoisotopic (exact) mass is 705 g/mol. The number of carbonyl (C=O) groups is 2. The van der Waals surface area contributed by atoms with E-state index >= 15 is 0 Å². The number of cyclic esters (lactones) is 1. The second-order valence-corrected chi connectivity index (χ2v) is 16.1. The van der Waals surface area contributed by atoms with Crippen LogP contribution < -0.4 is 0 Å². The molecule has 2 heterocycles. The molecule has 1 saturated carbocycles. The van der Waals surface area contributed by atoms with Gasteiger partial charge in [0.1, 0.15) is 12.2 Å². The second-order valence-electron chi connectivity index (χ2n) is 15.0. The van der Waals surface area contributed by atoms with Crippen molar-refractivity contribution in [2.24, 2.45) is 23.7 Å². The highest BCUT2D eigenvalue weighted by Crippen LogP contribution is 2.62. The maximum Gasteiger partial charge on any atom is 0.306 e. The molecule has 276 valence electrons. The minimum absolute atomic E-state index is 0.00501. The van der Waals surface area contributed by atoms with E-state index in [-0.39, 0.29) is 78.1 Å². The standard InChI is InChI=1S/C38H59NO9S/c1-10-23-12-11-13-30(40)20(4)35(42)28-16-26-25-14-24(48-38(31(45-9)18-43-7)46-22(6)21(5)44-8)15-29(25)36-34(39-37(49-36)19(2)3)33(26)27(28)17-32(41)47-23/h16,19-27,29-31,33,38,40H,10-15,17-18H2,1-9H3/t20-,21-,22?,23+,24+,25+,26+,27-,29-,30+,31+,33-,38?/m1/s1. The van der Waals surface area contributed by atoms with Crippen molar-refractivity contribution in [3.63, 3.8) is 0 Å². The molecule has 0 radical (unpaired) electrons. The van der Waals surface area contributed by atoms with Gasteiger partial charge in [0.15, 0.2) is 12.1 Å². The quantitative estimate of drug-likeness (QED) is 0.196. The molecule has 1 aromatic heterocycles. The molecule has 10 nitrogen and oxygen atoms in total. The number of aliphatic hydroxyl groups excluding tert-OH is 1. The van der Waals surface area contributed by atoms with Crippen molar-refractivity contribution in [2.75, 3.05) is 27.9 Å². The largest absolute Gasteiger partial charge is 0.462 e. The van der Waals surface area contributed by atoms with E-state index < -0.39 is 24.4 Å². The normalized spacial score (nSPS) is 34.4. The van der Waals surface area contributed by atoms with Gasteiger partial charge in [-0.3, -0.25) is 9.59 Å². The molecule has 0 spiro atoms. The summed E-state index contributed by atoms with van der Waals surface area (Å²) in [6.07, 6.45) is 3.86. The topological polar surface area (TPSA) is 123 Å². The Morgan fingerprint density at radius 3 is 2.45 bits per heavy atom. The lowest BCUT2D eigenvalue weighted by atomic mass is 9.67. The van der Waals surface area contributed by atoms with Crippen molar-refractivity contribution in [1.29, 1.82) is 0 Å². The summed E-state index contributed by atoms with van der Waals surface area (Å²) in [5.74, 6) is -0.720. The Morgan fingerprint density at radius 1 is 1.04 bits per heavy atom. The molecule has 4 aliphatic rings. The van der Waals surface area contributed by atoms with E-state index in [0.29, 0.717) is 31.4 Å². The lowest BCUT2D eigenvalue weighted by Crippen LogP contribution is -2.43. The first-order valence-electron chi connectivity index (χ1n) is 18.4. The molecule has 1 aliphatic heterocycles. The number of fused-ring (bicyclic) bond motifs is 8. The molecule has 11 heteroatoms. The minimum atomic E-state index is -0.746. The number of aromatic nitrogens is 1. The number of thiazole rings is 1. The maximum atomic E-state index is 14.2. The van der Waals surface area contributed by atoms with E-state index in [1.165, 1.54) is 4.88 Å². The van der Waals surface area contributed by atoms with E-state index in [9.17, 15) is 14.7 Å². The average molecular weight is 706 g/mol. The molecule has 0 aromatic carbocycles. The van der Waals surface area contributed by atoms with Gasteiger partial charge in [0.05, 0.1) is 48.1 Å². The highest BCUT2D eigenvalue weighted by molar-refractivity contribution is 7.12. The average Bonchev–Trinajstić information content (AvgIpc) is 3.80. The van der Waals surface area contributed by atoms with Gasteiger partial charge < -0.3 is 33.5 Å². The Labute approximate surface area is 296 Å². The molecule has 1 aromatic rings. The summed E-state index contributed by atoms with van der Waals surface area (Å²) >= 11 is 1.77. The molecule has 13 atom stereocenters. The summed E-state index contributed by atoms with van der Waals surface area (Å²) in [5, 5.41) is 12.2. The first-order chi connectivity index (χ1) is 23.4. The first kappa shape index (κ1) is 38.5. The smallest absolute Gasteiger partial charge is 0.306 e. The van der Waals surface area contributed by atoms with Crippen LogP contribution in [0.3, 0.4) is 0 Å². The number of ketones is 1. The summed E-state index contributed by atoms with van der Waals surface area (Å²) in [6, 6.07) is 0. The number of methoxy groups -OCH3 is 3. The molecule has 2 fully saturated rings. The first-order valence-corrected chi connectivity index (χ1v) is 19.2. The molecule has 49 heavy (non-hydrogen) atoms. The third kappa shape index (κ3) is 8.18. The van der Waals surface area contributed by atoms with Gasteiger partial charge in [0.2, 0.25) is 0 Å². The highest BCUT2D eigenvalue weighted by Gasteiger charge is 2.56. The van der Waals surface area contributed by atoms with Gasteiger partial charge in [-0.15, -0.1) is 11.3 Å². The fraction of sp³-hybridized carbons (Fsp3) is 0.816. The summed E-state index contributed by atoms with van der Waals surface area (Å²) in [5.41, 5.74) is 1.68. The predicted molar refractivity (Wildman–Crippen MR) is 187 cm³/mol. The Morgan fingerprint density at radius 2 is 1.80 bits per heavy atom. The maximum absolute atomic E-state index is 14.2. The van der Waals surface area contributed by atoms with Crippen LogP contribution in [0.5, 0.6) is 0 Å². The molecular formula is C38H59NO9S. The Hall–Kier alpha value is -1.73. The number of esters is 1.